The minimum atomic E-state index is -0.121. The summed E-state index contributed by atoms with van der Waals surface area (Å²) in [5.74, 6) is -0.178. The molecule has 0 aromatic heterocycles. The summed E-state index contributed by atoms with van der Waals surface area (Å²) in [5, 5.41) is 0. The van der Waals surface area contributed by atoms with Gasteiger partial charge in [-0.2, -0.15) is 0 Å². The molecule has 0 N–H and O–H groups in total. The third-order valence-corrected chi connectivity index (χ3v) is 2.34. The molecule has 15 heavy (non-hydrogen) atoms. The molecule has 0 amide bonds. The van der Waals surface area contributed by atoms with Crippen LogP contribution >= 0.6 is 0 Å². The first kappa shape index (κ1) is 14.4. The van der Waals surface area contributed by atoms with E-state index in [0.717, 1.165) is 19.3 Å². The lowest BCUT2D eigenvalue weighted by molar-refractivity contribution is -0.148. The fourth-order valence-electron chi connectivity index (χ4n) is 1.34. The molecule has 90 valence electrons. The van der Waals surface area contributed by atoms with E-state index in [-0.39, 0.29) is 11.9 Å². The minimum Gasteiger partial charge on any atom is -0.466 e. The highest BCUT2D eigenvalue weighted by atomic mass is 16.5. The Labute approximate surface area is 93.1 Å². The van der Waals surface area contributed by atoms with E-state index in [1.165, 1.54) is 0 Å². The molecule has 0 aliphatic heterocycles. The molecule has 0 bridgehead atoms. The Kier molecular flexibility index (Phi) is 8.38. The third kappa shape index (κ3) is 7.37. The Morgan fingerprint density at radius 3 is 2.40 bits per heavy atom. The standard InChI is InChI=1S/C12H24O3/c1-5-7-11(4)15-9-8-10(3)12(13)14-6-2/h10-11H,5-9H2,1-4H3/t10-,11?/m0/s1. The van der Waals surface area contributed by atoms with Crippen LogP contribution in [0.5, 0.6) is 0 Å². The van der Waals surface area contributed by atoms with Crippen LogP contribution in [0.4, 0.5) is 0 Å². The van der Waals surface area contributed by atoms with Gasteiger partial charge in [-0.1, -0.05) is 20.3 Å². The molecular formula is C12H24O3. The quantitative estimate of drug-likeness (QED) is 0.585. The second kappa shape index (κ2) is 8.72. The summed E-state index contributed by atoms with van der Waals surface area (Å²) in [6.07, 6.45) is 3.25. The van der Waals surface area contributed by atoms with Gasteiger partial charge in [-0.3, -0.25) is 4.79 Å². The second-order valence-corrected chi connectivity index (χ2v) is 3.91. The summed E-state index contributed by atoms with van der Waals surface area (Å²) < 4.78 is 10.5. The SMILES string of the molecule is CCCC(C)OCC[C@H](C)C(=O)OCC. The largest absolute Gasteiger partial charge is 0.466 e. The van der Waals surface area contributed by atoms with Crippen LogP contribution in [-0.4, -0.2) is 25.3 Å². The number of rotatable bonds is 8. The van der Waals surface area contributed by atoms with Crippen molar-refractivity contribution in [1.82, 2.24) is 0 Å². The van der Waals surface area contributed by atoms with Gasteiger partial charge in [-0.25, -0.2) is 0 Å². The molecule has 0 aliphatic carbocycles. The van der Waals surface area contributed by atoms with Gasteiger partial charge in [0.15, 0.2) is 0 Å². The van der Waals surface area contributed by atoms with Crippen molar-refractivity contribution in [2.45, 2.75) is 53.1 Å². The fraction of sp³-hybridized carbons (Fsp3) is 0.917. The van der Waals surface area contributed by atoms with Crippen LogP contribution in [0, 0.1) is 5.92 Å². The molecule has 0 saturated carbocycles. The van der Waals surface area contributed by atoms with Crippen molar-refractivity contribution in [3.8, 4) is 0 Å². The van der Waals surface area contributed by atoms with Crippen molar-refractivity contribution in [1.29, 1.82) is 0 Å². The lowest BCUT2D eigenvalue weighted by Crippen LogP contribution is -2.18. The summed E-state index contributed by atoms with van der Waals surface area (Å²) in [6.45, 7) is 9.01. The molecule has 0 spiro atoms. The number of carbonyl (C=O) groups excluding carboxylic acids is 1. The molecule has 0 heterocycles. The van der Waals surface area contributed by atoms with E-state index in [2.05, 4.69) is 13.8 Å². The molecule has 0 aromatic carbocycles. The van der Waals surface area contributed by atoms with Crippen LogP contribution in [0.25, 0.3) is 0 Å². The Balaban J connectivity index is 3.53. The van der Waals surface area contributed by atoms with Gasteiger partial charge in [0, 0.05) is 6.61 Å². The average Bonchev–Trinajstić information content (AvgIpc) is 2.18. The van der Waals surface area contributed by atoms with Gasteiger partial charge < -0.3 is 9.47 Å². The molecule has 0 fully saturated rings. The fourth-order valence-corrected chi connectivity index (χ4v) is 1.34. The number of hydrogen-bond donors (Lipinski definition) is 0. The summed E-state index contributed by atoms with van der Waals surface area (Å²) in [5.41, 5.74) is 0. The van der Waals surface area contributed by atoms with E-state index in [1.54, 1.807) is 0 Å². The van der Waals surface area contributed by atoms with E-state index in [1.807, 2.05) is 13.8 Å². The number of hydrogen-bond acceptors (Lipinski definition) is 3. The number of esters is 1. The highest BCUT2D eigenvalue weighted by molar-refractivity contribution is 5.71. The summed E-state index contributed by atoms with van der Waals surface area (Å²) in [6, 6.07) is 0. The van der Waals surface area contributed by atoms with Crippen LogP contribution in [0.1, 0.15) is 47.0 Å². The average molecular weight is 216 g/mol. The Morgan fingerprint density at radius 1 is 1.20 bits per heavy atom. The Hall–Kier alpha value is -0.570. The van der Waals surface area contributed by atoms with E-state index >= 15 is 0 Å². The zero-order chi connectivity index (χ0) is 11.7. The van der Waals surface area contributed by atoms with Crippen molar-refractivity contribution >= 4 is 5.97 Å². The van der Waals surface area contributed by atoms with Crippen LogP contribution in [0.15, 0.2) is 0 Å². The van der Waals surface area contributed by atoms with Gasteiger partial charge in [-0.05, 0) is 26.7 Å². The third-order valence-electron chi connectivity index (χ3n) is 2.34. The maximum atomic E-state index is 11.3. The van der Waals surface area contributed by atoms with Crippen molar-refractivity contribution in [3.63, 3.8) is 0 Å². The topological polar surface area (TPSA) is 35.5 Å². The van der Waals surface area contributed by atoms with Gasteiger partial charge in [0.2, 0.25) is 0 Å². The van der Waals surface area contributed by atoms with Gasteiger partial charge in [0.1, 0.15) is 0 Å². The monoisotopic (exact) mass is 216 g/mol. The highest BCUT2D eigenvalue weighted by Gasteiger charge is 2.13. The van der Waals surface area contributed by atoms with Crippen LogP contribution in [0.2, 0.25) is 0 Å². The van der Waals surface area contributed by atoms with Crippen molar-refractivity contribution in [2.24, 2.45) is 5.92 Å². The zero-order valence-corrected chi connectivity index (χ0v) is 10.4. The summed E-state index contributed by atoms with van der Waals surface area (Å²) in [4.78, 5) is 11.3. The molecule has 2 atom stereocenters. The molecular weight excluding hydrogens is 192 g/mol. The molecule has 0 rings (SSSR count). The zero-order valence-electron chi connectivity index (χ0n) is 10.4. The Bertz CT molecular complexity index is 168. The van der Waals surface area contributed by atoms with Crippen molar-refractivity contribution in [2.75, 3.05) is 13.2 Å². The van der Waals surface area contributed by atoms with Gasteiger partial charge in [0.25, 0.3) is 0 Å². The minimum absolute atomic E-state index is 0.0567. The maximum absolute atomic E-state index is 11.3. The summed E-state index contributed by atoms with van der Waals surface area (Å²) in [7, 11) is 0. The number of ether oxygens (including phenoxy) is 2. The maximum Gasteiger partial charge on any atom is 0.308 e. The van der Waals surface area contributed by atoms with Crippen LogP contribution in [0.3, 0.4) is 0 Å². The smallest absolute Gasteiger partial charge is 0.308 e. The lowest BCUT2D eigenvalue weighted by atomic mass is 10.1. The molecule has 0 aromatic rings. The molecule has 1 unspecified atom stereocenters. The summed E-state index contributed by atoms with van der Waals surface area (Å²) >= 11 is 0. The first-order valence-electron chi connectivity index (χ1n) is 5.90. The van der Waals surface area contributed by atoms with E-state index in [9.17, 15) is 4.79 Å². The molecule has 3 nitrogen and oxygen atoms in total. The second-order valence-electron chi connectivity index (χ2n) is 3.91. The van der Waals surface area contributed by atoms with Gasteiger partial charge in [-0.15, -0.1) is 0 Å². The van der Waals surface area contributed by atoms with Gasteiger partial charge in [0.05, 0.1) is 18.6 Å². The highest BCUT2D eigenvalue weighted by Crippen LogP contribution is 2.07. The van der Waals surface area contributed by atoms with Crippen molar-refractivity contribution in [3.05, 3.63) is 0 Å². The molecule has 0 saturated heterocycles. The predicted octanol–water partition coefficient (Wildman–Crippen LogP) is 2.78. The predicted molar refractivity (Wildman–Crippen MR) is 60.7 cm³/mol. The Morgan fingerprint density at radius 2 is 1.87 bits per heavy atom. The molecule has 0 aliphatic rings. The van der Waals surface area contributed by atoms with E-state index < -0.39 is 0 Å². The van der Waals surface area contributed by atoms with Crippen LogP contribution < -0.4 is 0 Å². The van der Waals surface area contributed by atoms with E-state index in [0.29, 0.717) is 19.3 Å². The lowest BCUT2D eigenvalue weighted by Gasteiger charge is -2.14. The van der Waals surface area contributed by atoms with Crippen LogP contribution in [-0.2, 0) is 14.3 Å². The normalized spacial score (nSPS) is 14.7. The van der Waals surface area contributed by atoms with E-state index in [4.69, 9.17) is 9.47 Å². The molecule has 3 heteroatoms. The first-order chi connectivity index (χ1) is 7.11. The molecule has 0 radical (unpaired) electrons. The van der Waals surface area contributed by atoms with Crippen molar-refractivity contribution < 1.29 is 14.3 Å². The first-order valence-corrected chi connectivity index (χ1v) is 5.90. The van der Waals surface area contributed by atoms with Gasteiger partial charge >= 0.3 is 5.97 Å². The number of carbonyl (C=O) groups is 1.